The van der Waals surface area contributed by atoms with Gasteiger partial charge in [-0.2, -0.15) is 0 Å². The number of nitrogens with zero attached hydrogens (tertiary/aromatic N) is 1. The molecular formula is C11H14Cl4N2O. The van der Waals surface area contributed by atoms with Crippen molar-refractivity contribution >= 4 is 53.3 Å². The van der Waals surface area contributed by atoms with E-state index in [4.69, 9.17) is 35.0 Å². The van der Waals surface area contributed by atoms with E-state index in [0.29, 0.717) is 15.6 Å². The Morgan fingerprint density at radius 3 is 2.00 bits per heavy atom. The maximum absolute atomic E-state index is 11.9. The largest absolute Gasteiger partial charge is 0.270 e. The average molecular weight is 332 g/mol. The van der Waals surface area contributed by atoms with Crippen LogP contribution in [0.15, 0.2) is 18.2 Å². The first-order valence-corrected chi connectivity index (χ1v) is 6.02. The van der Waals surface area contributed by atoms with Crippen molar-refractivity contribution in [2.24, 2.45) is 0 Å². The van der Waals surface area contributed by atoms with Crippen LogP contribution < -0.4 is 5.43 Å². The summed E-state index contributed by atoms with van der Waals surface area (Å²) in [5, 5.41) is 0.805. The lowest BCUT2D eigenvalue weighted by Gasteiger charge is -2.28. The highest BCUT2D eigenvalue weighted by molar-refractivity contribution is 6.35. The number of halogens is 4. The van der Waals surface area contributed by atoms with Crippen LogP contribution in [0, 0.1) is 0 Å². The molecule has 1 N–H and O–H groups in total. The van der Waals surface area contributed by atoms with Crippen molar-refractivity contribution in [3.63, 3.8) is 0 Å². The average Bonchev–Trinajstić information content (AvgIpc) is 2.14. The topological polar surface area (TPSA) is 32.3 Å². The van der Waals surface area contributed by atoms with Gasteiger partial charge in [0.15, 0.2) is 0 Å². The maximum atomic E-state index is 11.9. The molecule has 1 rings (SSSR count). The van der Waals surface area contributed by atoms with Crippen molar-refractivity contribution in [2.45, 2.75) is 26.3 Å². The minimum atomic E-state index is -0.389. The van der Waals surface area contributed by atoms with E-state index in [1.807, 2.05) is 20.8 Å². The van der Waals surface area contributed by atoms with Gasteiger partial charge in [-0.1, -0.05) is 23.2 Å². The molecule has 0 saturated heterocycles. The lowest BCUT2D eigenvalue weighted by atomic mass is 10.1. The summed E-state index contributed by atoms with van der Waals surface area (Å²) in [6.45, 7) is 5.60. The van der Waals surface area contributed by atoms with Crippen molar-refractivity contribution in [3.8, 4) is 0 Å². The molecule has 0 unspecified atom stereocenters. The highest BCUT2D eigenvalue weighted by Gasteiger charge is 2.22. The molecule has 0 aliphatic heterocycles. The van der Waals surface area contributed by atoms with Crippen LogP contribution >= 0.6 is 47.4 Å². The van der Waals surface area contributed by atoms with Crippen molar-refractivity contribution in [1.29, 1.82) is 0 Å². The van der Waals surface area contributed by atoms with Gasteiger partial charge in [0.1, 0.15) is 0 Å². The Balaban J connectivity index is 0.00000289. The highest BCUT2D eigenvalue weighted by Crippen LogP contribution is 2.20. The lowest BCUT2D eigenvalue weighted by molar-refractivity contribution is 0.0806. The fraction of sp³-hybridized carbons (Fsp3) is 0.364. The highest BCUT2D eigenvalue weighted by atomic mass is 35.5. The first kappa shape index (κ1) is 17.8. The zero-order valence-corrected chi connectivity index (χ0v) is 13.2. The molecule has 1 amide bonds. The van der Waals surface area contributed by atoms with Crippen LogP contribution in [0.3, 0.4) is 0 Å². The van der Waals surface area contributed by atoms with E-state index in [0.717, 1.165) is 0 Å². The monoisotopic (exact) mass is 330 g/mol. The van der Waals surface area contributed by atoms with Crippen LogP contribution in [-0.4, -0.2) is 16.0 Å². The minimum absolute atomic E-state index is 0. The van der Waals surface area contributed by atoms with Gasteiger partial charge < -0.3 is 0 Å². The molecular weight excluding hydrogens is 318 g/mol. The zero-order valence-electron chi connectivity index (χ0n) is 10.1. The minimum Gasteiger partial charge on any atom is -0.270 e. The predicted molar refractivity (Wildman–Crippen MR) is 78.6 cm³/mol. The number of carbonyl (C=O) groups excluding carboxylic acids is 1. The van der Waals surface area contributed by atoms with Gasteiger partial charge in [-0.15, -0.1) is 16.9 Å². The third kappa shape index (κ3) is 5.21. The van der Waals surface area contributed by atoms with E-state index >= 15 is 0 Å². The third-order valence-electron chi connectivity index (χ3n) is 1.91. The number of hydrogen-bond acceptors (Lipinski definition) is 2. The van der Waals surface area contributed by atoms with Gasteiger partial charge in [0.2, 0.25) is 0 Å². The summed E-state index contributed by atoms with van der Waals surface area (Å²) in [6.07, 6.45) is 0. The number of hydrogen-bond donors (Lipinski definition) is 1. The van der Waals surface area contributed by atoms with Crippen LogP contribution in [0.4, 0.5) is 0 Å². The second kappa shape index (κ2) is 6.83. The molecule has 0 aliphatic rings. The number of hydrazine groups is 1. The Morgan fingerprint density at radius 2 is 1.61 bits per heavy atom. The molecule has 0 bridgehead atoms. The van der Waals surface area contributed by atoms with E-state index in [1.165, 1.54) is 16.7 Å². The number of benzene rings is 1. The summed E-state index contributed by atoms with van der Waals surface area (Å²) in [4.78, 5) is 11.9. The molecule has 0 saturated carbocycles. The van der Waals surface area contributed by atoms with E-state index in [-0.39, 0.29) is 23.9 Å². The Kier molecular flexibility index (Phi) is 6.75. The molecule has 0 heterocycles. The van der Waals surface area contributed by atoms with Gasteiger partial charge in [0.25, 0.3) is 5.91 Å². The maximum Gasteiger partial charge on any atom is 0.266 e. The fourth-order valence-electron chi connectivity index (χ4n) is 1.01. The molecule has 0 spiro atoms. The Morgan fingerprint density at radius 1 is 1.17 bits per heavy atom. The smallest absolute Gasteiger partial charge is 0.266 e. The van der Waals surface area contributed by atoms with Gasteiger partial charge in [-0.25, -0.2) is 0 Å². The molecule has 7 heteroatoms. The van der Waals surface area contributed by atoms with Gasteiger partial charge in [0.05, 0.1) is 0 Å². The molecule has 0 fully saturated rings. The van der Waals surface area contributed by atoms with E-state index < -0.39 is 0 Å². The summed E-state index contributed by atoms with van der Waals surface area (Å²) in [7, 11) is 0. The van der Waals surface area contributed by atoms with E-state index in [1.54, 1.807) is 6.07 Å². The summed E-state index contributed by atoms with van der Waals surface area (Å²) in [5.41, 5.74) is 2.50. The van der Waals surface area contributed by atoms with Crippen LogP contribution in [-0.2, 0) is 0 Å². The molecule has 0 radical (unpaired) electrons. The Hall–Kier alpha value is -0.190. The number of nitrogens with one attached hydrogen (secondary N) is 1. The number of amides is 1. The quantitative estimate of drug-likeness (QED) is 0.646. The molecule has 0 aliphatic carbocycles. The molecule has 102 valence electrons. The van der Waals surface area contributed by atoms with Crippen molar-refractivity contribution in [1.82, 2.24) is 9.95 Å². The summed E-state index contributed by atoms with van der Waals surface area (Å²) in [5.74, 6) is -0.362. The van der Waals surface area contributed by atoms with Crippen LogP contribution in [0.5, 0.6) is 0 Å². The van der Waals surface area contributed by atoms with Crippen LogP contribution in [0.25, 0.3) is 0 Å². The van der Waals surface area contributed by atoms with Gasteiger partial charge in [-0.05, 0) is 39.0 Å². The van der Waals surface area contributed by atoms with Gasteiger partial charge in [-0.3, -0.25) is 10.2 Å². The first-order valence-electron chi connectivity index (χ1n) is 4.93. The molecule has 18 heavy (non-hydrogen) atoms. The van der Waals surface area contributed by atoms with E-state index in [2.05, 4.69) is 5.43 Å². The predicted octanol–water partition coefficient (Wildman–Crippen LogP) is 4.31. The second-order valence-electron chi connectivity index (χ2n) is 4.55. The van der Waals surface area contributed by atoms with Crippen molar-refractivity contribution in [2.75, 3.05) is 0 Å². The van der Waals surface area contributed by atoms with Crippen molar-refractivity contribution in [3.05, 3.63) is 33.8 Å². The lowest BCUT2D eigenvalue weighted by Crippen LogP contribution is -2.46. The molecule has 0 atom stereocenters. The Labute approximate surface area is 128 Å². The Bertz CT molecular complexity index is 411. The standard InChI is InChI=1S/C11H13Cl3N2O.ClH/c1-11(2,3)16(14)15-10(17)7-4-8(12)6-9(13)5-7;/h4-6H,1-3H3,(H,15,17);1H. The SMILES string of the molecule is CC(C)(C)N(Cl)NC(=O)c1cc(Cl)cc(Cl)c1.Cl. The summed E-state index contributed by atoms with van der Waals surface area (Å²) < 4.78 is 1.21. The summed E-state index contributed by atoms with van der Waals surface area (Å²) >= 11 is 17.5. The number of carbonyl (C=O) groups is 1. The molecule has 1 aromatic carbocycles. The van der Waals surface area contributed by atoms with Crippen molar-refractivity contribution < 1.29 is 4.79 Å². The number of rotatable bonds is 2. The molecule has 0 aromatic heterocycles. The normalized spacial score (nSPS) is 11.1. The van der Waals surface area contributed by atoms with Gasteiger partial charge in [0, 0.05) is 32.9 Å². The van der Waals surface area contributed by atoms with E-state index in [9.17, 15) is 4.79 Å². The second-order valence-corrected chi connectivity index (χ2v) is 5.76. The fourth-order valence-corrected chi connectivity index (χ4v) is 1.61. The summed E-state index contributed by atoms with van der Waals surface area (Å²) in [6, 6.07) is 4.61. The molecule has 3 nitrogen and oxygen atoms in total. The first-order chi connectivity index (χ1) is 7.70. The van der Waals surface area contributed by atoms with Gasteiger partial charge >= 0.3 is 0 Å². The molecule has 1 aromatic rings. The van der Waals surface area contributed by atoms with Crippen LogP contribution in [0.1, 0.15) is 31.1 Å². The van der Waals surface area contributed by atoms with Crippen LogP contribution in [0.2, 0.25) is 10.0 Å². The zero-order chi connectivity index (χ0) is 13.2. The third-order valence-corrected chi connectivity index (χ3v) is 2.94.